The summed E-state index contributed by atoms with van der Waals surface area (Å²) in [7, 11) is 0. The summed E-state index contributed by atoms with van der Waals surface area (Å²) in [5, 5.41) is 3.32. The summed E-state index contributed by atoms with van der Waals surface area (Å²) in [6.45, 7) is 4.71. The normalized spacial score (nSPS) is 26.4. The number of carbonyl (C=O) groups excluding carboxylic acids is 2. The molecule has 2 atom stereocenters. The second-order valence-electron chi connectivity index (χ2n) is 5.46. The fraction of sp³-hybridized carbons (Fsp3) is 0.467. The van der Waals surface area contributed by atoms with Crippen molar-refractivity contribution in [2.45, 2.75) is 6.92 Å². The molecule has 0 saturated carbocycles. The molecule has 1 aromatic rings. The molecule has 4 heteroatoms. The molecule has 0 aromatic heterocycles. The minimum absolute atomic E-state index is 0.0847. The third-order valence-corrected chi connectivity index (χ3v) is 4.11. The molecule has 100 valence electrons. The van der Waals surface area contributed by atoms with Crippen molar-refractivity contribution >= 4 is 17.3 Å². The van der Waals surface area contributed by atoms with Gasteiger partial charge in [-0.1, -0.05) is 0 Å². The summed E-state index contributed by atoms with van der Waals surface area (Å²) in [6, 6.07) is 7.69. The number of rotatable bonds is 2. The van der Waals surface area contributed by atoms with E-state index in [1.54, 1.807) is 6.92 Å². The summed E-state index contributed by atoms with van der Waals surface area (Å²) in [4.78, 5) is 25.6. The molecular formula is C15H18N2O2. The van der Waals surface area contributed by atoms with Gasteiger partial charge in [0.05, 0.1) is 0 Å². The lowest BCUT2D eigenvalue weighted by molar-refractivity contribution is -0.129. The fourth-order valence-corrected chi connectivity index (χ4v) is 3.00. The zero-order chi connectivity index (χ0) is 13.4. The molecule has 2 bridgehead atoms. The first-order chi connectivity index (χ1) is 9.15. The van der Waals surface area contributed by atoms with Crippen LogP contribution in [0.25, 0.3) is 0 Å². The van der Waals surface area contributed by atoms with Crippen LogP contribution in [0.15, 0.2) is 24.3 Å². The van der Waals surface area contributed by atoms with E-state index in [1.165, 1.54) is 0 Å². The van der Waals surface area contributed by atoms with Gasteiger partial charge < -0.3 is 10.2 Å². The highest BCUT2D eigenvalue weighted by Gasteiger charge is 2.37. The van der Waals surface area contributed by atoms with Crippen LogP contribution >= 0.6 is 0 Å². The molecule has 2 unspecified atom stereocenters. The minimum Gasteiger partial charge on any atom is -0.370 e. The number of nitrogens with one attached hydrogen (secondary N) is 1. The Bertz CT molecular complexity index is 493. The number of anilines is 1. The van der Waals surface area contributed by atoms with E-state index in [0.717, 1.165) is 37.4 Å². The highest BCUT2D eigenvalue weighted by molar-refractivity contribution is 5.94. The van der Waals surface area contributed by atoms with Gasteiger partial charge in [-0.05, 0) is 31.2 Å². The number of piperidine rings is 2. The van der Waals surface area contributed by atoms with Gasteiger partial charge in [-0.2, -0.15) is 0 Å². The van der Waals surface area contributed by atoms with E-state index in [9.17, 15) is 9.59 Å². The number of carbonyl (C=O) groups is 2. The molecule has 3 rings (SSSR count). The lowest BCUT2D eigenvalue weighted by Crippen LogP contribution is -2.57. The van der Waals surface area contributed by atoms with Gasteiger partial charge in [-0.15, -0.1) is 0 Å². The highest BCUT2D eigenvalue weighted by Crippen LogP contribution is 2.26. The Hall–Kier alpha value is -1.68. The Labute approximate surface area is 112 Å². The Morgan fingerprint density at radius 3 is 2.26 bits per heavy atom. The molecule has 0 radical (unpaired) electrons. The molecular weight excluding hydrogens is 240 g/mol. The maximum Gasteiger partial charge on any atom is 0.159 e. The topological polar surface area (TPSA) is 49.4 Å². The Kier molecular flexibility index (Phi) is 3.11. The number of Topliss-reactive ketones (excluding diaryl/α,β-unsaturated/α-hetero) is 2. The van der Waals surface area contributed by atoms with Crippen molar-refractivity contribution in [3.8, 4) is 0 Å². The van der Waals surface area contributed by atoms with Crippen LogP contribution in [0.5, 0.6) is 0 Å². The van der Waals surface area contributed by atoms with Gasteiger partial charge in [0.15, 0.2) is 5.78 Å². The van der Waals surface area contributed by atoms with Crippen molar-refractivity contribution in [1.29, 1.82) is 0 Å². The molecule has 2 aliphatic heterocycles. The lowest BCUT2D eigenvalue weighted by Gasteiger charge is -2.41. The van der Waals surface area contributed by atoms with Crippen molar-refractivity contribution in [2.24, 2.45) is 11.8 Å². The molecule has 2 aliphatic rings. The van der Waals surface area contributed by atoms with Gasteiger partial charge in [0.25, 0.3) is 0 Å². The summed E-state index contributed by atoms with van der Waals surface area (Å²) in [6.07, 6.45) is 0. The van der Waals surface area contributed by atoms with Crippen LogP contribution < -0.4 is 10.2 Å². The van der Waals surface area contributed by atoms with Gasteiger partial charge in [0.1, 0.15) is 5.78 Å². The molecule has 19 heavy (non-hydrogen) atoms. The standard InChI is InChI=1S/C15H18N2O2/c1-10(18)11-2-4-14(5-3-11)17-8-12-6-16-7-13(9-17)15(12)19/h2-5,12-13,16H,6-9H2,1H3. The Morgan fingerprint density at radius 2 is 1.74 bits per heavy atom. The maximum absolute atomic E-state index is 12.0. The molecule has 0 aliphatic carbocycles. The van der Waals surface area contributed by atoms with Crippen molar-refractivity contribution in [1.82, 2.24) is 5.32 Å². The molecule has 4 nitrogen and oxygen atoms in total. The summed E-state index contributed by atoms with van der Waals surface area (Å²) in [5.74, 6) is 0.719. The molecule has 2 fully saturated rings. The average molecular weight is 258 g/mol. The van der Waals surface area contributed by atoms with Crippen molar-refractivity contribution in [3.63, 3.8) is 0 Å². The zero-order valence-corrected chi connectivity index (χ0v) is 11.1. The van der Waals surface area contributed by atoms with Crippen LogP contribution in [0.2, 0.25) is 0 Å². The average Bonchev–Trinajstić information content (AvgIpc) is 2.38. The SMILES string of the molecule is CC(=O)c1ccc(N2CC3CNCC(C2)C3=O)cc1. The Morgan fingerprint density at radius 1 is 1.16 bits per heavy atom. The largest absolute Gasteiger partial charge is 0.370 e. The van der Waals surface area contributed by atoms with Crippen LogP contribution in [-0.2, 0) is 4.79 Å². The van der Waals surface area contributed by atoms with Crippen LogP contribution in [-0.4, -0.2) is 37.7 Å². The van der Waals surface area contributed by atoms with Crippen LogP contribution in [0.3, 0.4) is 0 Å². The zero-order valence-electron chi connectivity index (χ0n) is 11.1. The number of fused-ring (bicyclic) bond motifs is 2. The van der Waals surface area contributed by atoms with E-state index >= 15 is 0 Å². The summed E-state index contributed by atoms with van der Waals surface area (Å²) < 4.78 is 0. The van der Waals surface area contributed by atoms with E-state index in [2.05, 4.69) is 10.2 Å². The number of hydrogen-bond acceptors (Lipinski definition) is 4. The first kappa shape index (κ1) is 12.4. The quantitative estimate of drug-likeness (QED) is 0.807. The minimum atomic E-state index is 0.0847. The second-order valence-corrected chi connectivity index (χ2v) is 5.46. The summed E-state index contributed by atoms with van der Waals surface area (Å²) in [5.41, 5.74) is 1.84. The Balaban J connectivity index is 1.79. The van der Waals surface area contributed by atoms with Gasteiger partial charge in [-0.25, -0.2) is 0 Å². The number of nitrogens with zero attached hydrogens (tertiary/aromatic N) is 1. The molecule has 0 amide bonds. The smallest absolute Gasteiger partial charge is 0.159 e. The predicted octanol–water partition coefficient (Wildman–Crippen LogP) is 1.11. The van der Waals surface area contributed by atoms with Gasteiger partial charge >= 0.3 is 0 Å². The van der Waals surface area contributed by atoms with Gasteiger partial charge in [0, 0.05) is 49.3 Å². The first-order valence-corrected chi connectivity index (χ1v) is 6.75. The molecule has 2 heterocycles. The van der Waals surface area contributed by atoms with E-state index in [0.29, 0.717) is 5.78 Å². The van der Waals surface area contributed by atoms with Crippen molar-refractivity contribution in [3.05, 3.63) is 29.8 Å². The fourth-order valence-electron chi connectivity index (χ4n) is 3.00. The summed E-state index contributed by atoms with van der Waals surface area (Å²) >= 11 is 0. The number of benzene rings is 1. The van der Waals surface area contributed by atoms with Crippen LogP contribution in [0.1, 0.15) is 17.3 Å². The van der Waals surface area contributed by atoms with Crippen LogP contribution in [0.4, 0.5) is 5.69 Å². The molecule has 2 saturated heterocycles. The van der Waals surface area contributed by atoms with E-state index in [4.69, 9.17) is 0 Å². The third-order valence-electron chi connectivity index (χ3n) is 4.11. The maximum atomic E-state index is 12.0. The van der Waals surface area contributed by atoms with Crippen LogP contribution in [0, 0.1) is 11.8 Å². The van der Waals surface area contributed by atoms with Gasteiger partial charge in [0.2, 0.25) is 0 Å². The molecule has 1 N–H and O–H groups in total. The number of hydrogen-bond donors (Lipinski definition) is 1. The van der Waals surface area contributed by atoms with E-state index in [-0.39, 0.29) is 17.6 Å². The monoisotopic (exact) mass is 258 g/mol. The number of ketones is 2. The predicted molar refractivity (Wildman–Crippen MR) is 73.5 cm³/mol. The lowest BCUT2D eigenvalue weighted by atomic mass is 9.84. The van der Waals surface area contributed by atoms with Gasteiger partial charge in [-0.3, -0.25) is 9.59 Å². The van der Waals surface area contributed by atoms with E-state index in [1.807, 2.05) is 24.3 Å². The molecule has 0 spiro atoms. The second kappa shape index (κ2) is 4.78. The van der Waals surface area contributed by atoms with E-state index < -0.39 is 0 Å². The van der Waals surface area contributed by atoms with Crippen molar-refractivity contribution in [2.75, 3.05) is 31.1 Å². The first-order valence-electron chi connectivity index (χ1n) is 6.75. The third kappa shape index (κ3) is 2.28. The van der Waals surface area contributed by atoms with Crippen molar-refractivity contribution < 1.29 is 9.59 Å². The molecule has 1 aromatic carbocycles. The highest BCUT2D eigenvalue weighted by atomic mass is 16.1.